The zero-order chi connectivity index (χ0) is 25.0. The topological polar surface area (TPSA) is 101 Å². The van der Waals surface area contributed by atoms with E-state index in [1.165, 1.54) is 5.56 Å². The molecule has 2 N–H and O–H groups in total. The Morgan fingerprint density at radius 1 is 1.03 bits per heavy atom. The van der Waals surface area contributed by atoms with Crippen LogP contribution in [0.4, 0.5) is 5.69 Å². The number of rotatable bonds is 8. The van der Waals surface area contributed by atoms with E-state index in [4.69, 9.17) is 4.42 Å². The smallest absolute Gasteiger partial charge is 0.291 e. The summed E-state index contributed by atoms with van der Waals surface area (Å²) in [4.78, 5) is 15.5. The Bertz CT molecular complexity index is 1340. The predicted molar refractivity (Wildman–Crippen MR) is 137 cm³/mol. The monoisotopic (exact) mass is 493 g/mol. The van der Waals surface area contributed by atoms with Crippen LogP contribution in [0.5, 0.6) is 0 Å². The van der Waals surface area contributed by atoms with E-state index >= 15 is 0 Å². The molecular formula is C27H31N3O4S. The van der Waals surface area contributed by atoms with Gasteiger partial charge in [0.25, 0.3) is 15.9 Å². The molecule has 4 rings (SSSR count). The number of amides is 1. The van der Waals surface area contributed by atoms with E-state index in [0.29, 0.717) is 41.1 Å². The van der Waals surface area contributed by atoms with E-state index in [0.717, 1.165) is 31.2 Å². The first kappa shape index (κ1) is 24.7. The van der Waals surface area contributed by atoms with Crippen LogP contribution >= 0.6 is 0 Å². The van der Waals surface area contributed by atoms with E-state index < -0.39 is 10.0 Å². The van der Waals surface area contributed by atoms with Crippen molar-refractivity contribution in [2.75, 3.05) is 5.32 Å². The highest BCUT2D eigenvalue weighted by Gasteiger charge is 2.28. The number of unbranched alkanes of at least 4 members (excludes halogenated alkanes) is 1. The quantitative estimate of drug-likeness (QED) is 0.404. The number of nitrogens with one attached hydrogen (secondary N) is 2. The standard InChI is InChI=1S/C27H31N3O4S/c1-4-5-7-20-12-14-21(15-13-20)28-27(31)26-19(3)25-23(8-6-9-24(25)34-26)29-30-35(32,33)22-16-10-18(2)11-17-22/h10-17,30H,4-9H2,1-3H3,(H,28,31)/b29-23+. The molecule has 1 aliphatic carbocycles. The van der Waals surface area contributed by atoms with Gasteiger partial charge in [-0.05, 0) is 69.4 Å². The van der Waals surface area contributed by atoms with E-state index in [1.807, 2.05) is 31.2 Å². The Kier molecular flexibility index (Phi) is 7.40. The number of furan rings is 1. The van der Waals surface area contributed by atoms with Crippen LogP contribution in [0.3, 0.4) is 0 Å². The summed E-state index contributed by atoms with van der Waals surface area (Å²) in [6.07, 6.45) is 5.30. The van der Waals surface area contributed by atoms with Gasteiger partial charge in [-0.15, -0.1) is 0 Å². The van der Waals surface area contributed by atoms with Crippen LogP contribution in [0.25, 0.3) is 0 Å². The number of aryl methyl sites for hydroxylation is 3. The van der Waals surface area contributed by atoms with E-state index in [-0.39, 0.29) is 16.6 Å². The van der Waals surface area contributed by atoms with Crippen LogP contribution in [0, 0.1) is 13.8 Å². The Balaban J connectivity index is 1.53. The summed E-state index contributed by atoms with van der Waals surface area (Å²) in [7, 11) is -3.80. The van der Waals surface area contributed by atoms with Crippen molar-refractivity contribution >= 4 is 27.3 Å². The van der Waals surface area contributed by atoms with Crippen LogP contribution in [0.2, 0.25) is 0 Å². The number of hydrazone groups is 1. The number of hydrogen-bond acceptors (Lipinski definition) is 5. The summed E-state index contributed by atoms with van der Waals surface area (Å²) in [6, 6.07) is 14.4. The summed E-state index contributed by atoms with van der Waals surface area (Å²) in [5, 5.41) is 7.14. The van der Waals surface area contributed by atoms with Crippen LogP contribution in [-0.2, 0) is 22.9 Å². The van der Waals surface area contributed by atoms with Gasteiger partial charge in [-0.3, -0.25) is 4.79 Å². The molecule has 0 saturated heterocycles. The molecule has 0 fully saturated rings. The van der Waals surface area contributed by atoms with E-state index in [1.54, 1.807) is 31.2 Å². The molecule has 2 aromatic carbocycles. The fourth-order valence-electron chi connectivity index (χ4n) is 4.21. The Labute approximate surface area is 206 Å². The third-order valence-electron chi connectivity index (χ3n) is 6.19. The second-order valence-corrected chi connectivity index (χ2v) is 10.6. The highest BCUT2D eigenvalue weighted by atomic mass is 32.2. The van der Waals surface area contributed by atoms with Gasteiger partial charge in [0.2, 0.25) is 0 Å². The van der Waals surface area contributed by atoms with Gasteiger partial charge in [-0.25, -0.2) is 0 Å². The first-order valence-corrected chi connectivity index (χ1v) is 13.4. The van der Waals surface area contributed by atoms with Crippen LogP contribution in [0.15, 0.2) is 62.9 Å². The van der Waals surface area contributed by atoms with Crippen molar-refractivity contribution in [3.05, 3.63) is 82.3 Å². The van der Waals surface area contributed by atoms with Crippen molar-refractivity contribution in [2.24, 2.45) is 5.10 Å². The molecule has 0 radical (unpaired) electrons. The minimum atomic E-state index is -3.80. The van der Waals surface area contributed by atoms with Gasteiger partial charge in [-0.1, -0.05) is 43.2 Å². The minimum absolute atomic E-state index is 0.146. The molecule has 0 bridgehead atoms. The number of carbonyl (C=O) groups is 1. The maximum Gasteiger partial charge on any atom is 0.291 e. The highest BCUT2D eigenvalue weighted by Crippen LogP contribution is 2.30. The fraction of sp³-hybridized carbons (Fsp3) is 0.333. The average Bonchev–Trinajstić information content (AvgIpc) is 3.20. The lowest BCUT2D eigenvalue weighted by atomic mass is 9.93. The molecule has 0 spiro atoms. The number of carbonyl (C=O) groups excluding carboxylic acids is 1. The Morgan fingerprint density at radius 3 is 2.43 bits per heavy atom. The summed E-state index contributed by atoms with van der Waals surface area (Å²) < 4.78 is 31.3. The summed E-state index contributed by atoms with van der Waals surface area (Å²) in [6.45, 7) is 5.86. The number of benzene rings is 2. The molecule has 3 aromatic rings. The van der Waals surface area contributed by atoms with Crippen LogP contribution in [-0.4, -0.2) is 20.0 Å². The Hall–Kier alpha value is -3.39. The Morgan fingerprint density at radius 2 is 1.74 bits per heavy atom. The molecule has 0 atom stereocenters. The molecule has 184 valence electrons. The summed E-state index contributed by atoms with van der Waals surface area (Å²) >= 11 is 0. The van der Waals surface area contributed by atoms with Gasteiger partial charge in [0, 0.05) is 23.2 Å². The molecule has 1 amide bonds. The van der Waals surface area contributed by atoms with Crippen molar-refractivity contribution in [3.8, 4) is 0 Å². The first-order chi connectivity index (χ1) is 16.8. The average molecular weight is 494 g/mol. The third kappa shape index (κ3) is 5.65. The van der Waals surface area contributed by atoms with E-state index in [2.05, 4.69) is 22.2 Å². The molecular weight excluding hydrogens is 462 g/mol. The van der Waals surface area contributed by atoms with Crippen molar-refractivity contribution in [1.82, 2.24) is 4.83 Å². The van der Waals surface area contributed by atoms with Crippen molar-refractivity contribution in [3.63, 3.8) is 0 Å². The van der Waals surface area contributed by atoms with Crippen molar-refractivity contribution in [1.29, 1.82) is 0 Å². The second-order valence-electron chi connectivity index (χ2n) is 8.93. The van der Waals surface area contributed by atoms with Gasteiger partial charge in [0.1, 0.15) is 5.76 Å². The van der Waals surface area contributed by atoms with E-state index in [9.17, 15) is 13.2 Å². The normalized spacial score (nSPS) is 14.5. The number of fused-ring (bicyclic) bond motifs is 1. The van der Waals surface area contributed by atoms with Gasteiger partial charge in [0.05, 0.1) is 10.6 Å². The SMILES string of the molecule is CCCCc1ccc(NC(=O)c2oc3c(c2C)/C(=N/NS(=O)(=O)c2ccc(C)cc2)CCC3)cc1. The lowest BCUT2D eigenvalue weighted by molar-refractivity contribution is 0.0994. The van der Waals surface area contributed by atoms with Crippen LogP contribution < -0.4 is 10.1 Å². The largest absolute Gasteiger partial charge is 0.455 e. The molecule has 1 aliphatic rings. The lowest BCUT2D eigenvalue weighted by Gasteiger charge is -2.14. The zero-order valence-electron chi connectivity index (χ0n) is 20.3. The zero-order valence-corrected chi connectivity index (χ0v) is 21.2. The molecule has 35 heavy (non-hydrogen) atoms. The predicted octanol–water partition coefficient (Wildman–Crippen LogP) is 5.51. The molecule has 7 nitrogen and oxygen atoms in total. The van der Waals surface area contributed by atoms with Gasteiger partial charge in [0.15, 0.2) is 5.76 Å². The third-order valence-corrected chi connectivity index (χ3v) is 7.42. The van der Waals surface area contributed by atoms with Gasteiger partial charge < -0.3 is 9.73 Å². The first-order valence-electron chi connectivity index (χ1n) is 12.0. The number of hydrogen-bond donors (Lipinski definition) is 2. The maximum atomic E-state index is 13.0. The fourth-order valence-corrected chi connectivity index (χ4v) is 5.04. The van der Waals surface area contributed by atoms with Crippen LogP contribution in [0.1, 0.15) is 71.2 Å². The molecule has 1 heterocycles. The summed E-state index contributed by atoms with van der Waals surface area (Å²) in [5.41, 5.74) is 4.85. The van der Waals surface area contributed by atoms with Gasteiger partial charge >= 0.3 is 0 Å². The highest BCUT2D eigenvalue weighted by molar-refractivity contribution is 7.89. The van der Waals surface area contributed by atoms with Gasteiger partial charge in [-0.2, -0.15) is 18.4 Å². The number of anilines is 1. The molecule has 0 aliphatic heterocycles. The minimum Gasteiger partial charge on any atom is -0.455 e. The maximum absolute atomic E-state index is 13.0. The number of nitrogens with zero attached hydrogens (tertiary/aromatic N) is 1. The molecule has 1 aromatic heterocycles. The summed E-state index contributed by atoms with van der Waals surface area (Å²) in [5.74, 6) is 0.543. The molecule has 8 heteroatoms. The van der Waals surface area contributed by atoms with Crippen molar-refractivity contribution < 1.29 is 17.6 Å². The second kappa shape index (κ2) is 10.5. The van der Waals surface area contributed by atoms with Crippen molar-refractivity contribution in [2.45, 2.75) is 64.2 Å². The molecule has 0 saturated carbocycles. The molecule has 0 unspecified atom stereocenters. The number of sulfonamides is 1. The lowest BCUT2D eigenvalue weighted by Crippen LogP contribution is -2.22.